The summed E-state index contributed by atoms with van der Waals surface area (Å²) in [6.07, 6.45) is 6.34. The van der Waals surface area contributed by atoms with Gasteiger partial charge in [-0.2, -0.15) is 0 Å². The van der Waals surface area contributed by atoms with E-state index in [0.717, 1.165) is 63.3 Å². The third kappa shape index (κ3) is 7.38. The molecule has 6 atom stereocenters. The van der Waals surface area contributed by atoms with Gasteiger partial charge in [0, 0.05) is 0 Å². The molecule has 3 fully saturated rings. The molecule has 0 amide bonds. The van der Waals surface area contributed by atoms with Crippen molar-refractivity contribution in [3.8, 4) is 0 Å². The van der Waals surface area contributed by atoms with Crippen LogP contribution in [0.5, 0.6) is 0 Å². The van der Waals surface area contributed by atoms with Gasteiger partial charge in [0.05, 0.1) is 0 Å². The molecule has 0 aromatic heterocycles. The van der Waals surface area contributed by atoms with Crippen LogP contribution in [0.4, 0.5) is 0 Å². The third-order valence-corrected chi connectivity index (χ3v) is 21.4. The van der Waals surface area contributed by atoms with E-state index < -0.39 is 0 Å². The van der Waals surface area contributed by atoms with Crippen LogP contribution in [0.1, 0.15) is 25.7 Å². The van der Waals surface area contributed by atoms with E-state index in [2.05, 4.69) is 68.1 Å². The average Bonchev–Trinajstić information content (AvgIpc) is 3.26. The van der Waals surface area contributed by atoms with Crippen LogP contribution < -0.4 is 0 Å². The van der Waals surface area contributed by atoms with Crippen LogP contribution in [0.25, 0.3) is 0 Å². The quantitative estimate of drug-likeness (QED) is 0.278. The van der Waals surface area contributed by atoms with Crippen LogP contribution in [0.3, 0.4) is 0 Å². The van der Waals surface area contributed by atoms with E-state index in [1.165, 1.54) is 18.9 Å². The van der Waals surface area contributed by atoms with Gasteiger partial charge in [0.1, 0.15) is 0 Å². The Hall–Kier alpha value is 3.84. The zero-order valence-electron chi connectivity index (χ0n) is 11.3. The second-order valence-electron chi connectivity index (χ2n) is 5.61. The molecule has 0 aromatic rings. The minimum absolute atomic E-state index is 1.02. The number of thioether (sulfide) groups is 2. The number of rotatable bonds is 8. The maximum absolute atomic E-state index is 2.20. The maximum atomic E-state index is 2.20. The summed E-state index contributed by atoms with van der Waals surface area (Å²) >= 11 is 11.8. The predicted molar refractivity (Wildman–Crippen MR) is 102 cm³/mol. The summed E-state index contributed by atoms with van der Waals surface area (Å²) in [4.78, 5) is 0. The van der Waals surface area contributed by atoms with Crippen LogP contribution in [0, 0.1) is 0 Å². The summed E-state index contributed by atoms with van der Waals surface area (Å²) in [7, 11) is 0. The van der Waals surface area contributed by atoms with E-state index in [9.17, 15) is 0 Å². The fraction of sp³-hybridized carbons (Fsp3) is 1.00. The van der Waals surface area contributed by atoms with E-state index in [-0.39, 0.29) is 0 Å². The zero-order chi connectivity index (χ0) is 13.9. The minimum atomic E-state index is 1.02. The van der Waals surface area contributed by atoms with Gasteiger partial charge < -0.3 is 0 Å². The Bertz CT molecular complexity index is 288. The van der Waals surface area contributed by atoms with Crippen molar-refractivity contribution in [1.82, 2.24) is 0 Å². The van der Waals surface area contributed by atoms with Gasteiger partial charge in [-0.3, -0.25) is 0 Å². The van der Waals surface area contributed by atoms with Gasteiger partial charge in [0.2, 0.25) is 0 Å². The van der Waals surface area contributed by atoms with Crippen molar-refractivity contribution in [1.29, 1.82) is 0 Å². The van der Waals surface area contributed by atoms with Crippen molar-refractivity contribution in [3.05, 3.63) is 0 Å². The van der Waals surface area contributed by atoms with E-state index in [4.69, 9.17) is 0 Å². The molecule has 0 bridgehead atoms. The first kappa shape index (κ1) is 18.6. The molecule has 20 heavy (non-hydrogen) atoms. The van der Waals surface area contributed by atoms with E-state index in [1.807, 2.05) is 0 Å². The average molecular weight is 735 g/mol. The molecule has 3 saturated heterocycles. The van der Waals surface area contributed by atoms with Gasteiger partial charge in [0.25, 0.3) is 0 Å². The topological polar surface area (TPSA) is 0 Å². The van der Waals surface area contributed by atoms with Crippen LogP contribution in [0.15, 0.2) is 0 Å². The second-order valence-corrected chi connectivity index (χ2v) is 25.3. The summed E-state index contributed by atoms with van der Waals surface area (Å²) in [6, 6.07) is 0. The van der Waals surface area contributed by atoms with Gasteiger partial charge in [-0.1, -0.05) is 0 Å². The monoisotopic (exact) mass is 742 g/mol. The van der Waals surface area contributed by atoms with Crippen molar-refractivity contribution in [3.63, 3.8) is 0 Å². The van der Waals surface area contributed by atoms with E-state index in [0.29, 0.717) is 0 Å². The molecule has 116 valence electrons. The molecule has 0 spiro atoms. The molecule has 0 aliphatic carbocycles. The Morgan fingerprint density at radius 3 is 1.70 bits per heavy atom. The second kappa shape index (κ2) is 9.51. The van der Waals surface area contributed by atoms with Crippen molar-refractivity contribution in [2.45, 2.75) is 55.8 Å². The van der Waals surface area contributed by atoms with Gasteiger partial charge >= 0.3 is 180 Å². The molecule has 0 saturated carbocycles. The molecule has 0 radical (unpaired) electrons. The summed E-state index contributed by atoms with van der Waals surface area (Å²) < 4.78 is 6.27. The molecule has 0 nitrogen and oxygen atoms in total. The molecule has 0 N–H and O–H groups in total. The summed E-state index contributed by atoms with van der Waals surface area (Å²) in [6.45, 7) is 0. The SMILES string of the molecule is [TeH]C(CC1CS1)CC1[Se]C[Se]C(CC([TeH])CC2CS2)[Se]1. The predicted octanol–water partition coefficient (Wildman–Crippen LogP) is 2.15. The Balaban J connectivity index is 1.36. The zero-order valence-corrected chi connectivity index (χ0v) is 23.2. The molecule has 0 aromatic carbocycles. The molecule has 6 unspecified atom stereocenters. The Morgan fingerprint density at radius 2 is 1.30 bits per heavy atom. The fourth-order valence-electron chi connectivity index (χ4n) is 2.34. The molecular weight excluding hydrogens is 712 g/mol. The first-order valence-electron chi connectivity index (χ1n) is 7.17. The van der Waals surface area contributed by atoms with Crippen molar-refractivity contribution < 1.29 is 0 Å². The van der Waals surface area contributed by atoms with Crippen molar-refractivity contribution in [2.24, 2.45) is 0 Å². The van der Waals surface area contributed by atoms with Gasteiger partial charge in [-0.05, 0) is 0 Å². The molecule has 3 aliphatic rings. The van der Waals surface area contributed by atoms with E-state index >= 15 is 0 Å². The van der Waals surface area contributed by atoms with Crippen LogP contribution in [-0.4, -0.2) is 111 Å². The number of hydrogen-bond acceptors (Lipinski definition) is 2. The van der Waals surface area contributed by atoms with Gasteiger partial charge in [-0.15, -0.1) is 0 Å². The van der Waals surface area contributed by atoms with E-state index in [1.54, 1.807) is 29.9 Å². The van der Waals surface area contributed by atoms with Crippen molar-refractivity contribution in [2.75, 3.05) is 11.5 Å². The first-order chi connectivity index (χ1) is 9.69. The Kier molecular flexibility index (Phi) is 8.86. The van der Waals surface area contributed by atoms with Gasteiger partial charge in [0.15, 0.2) is 0 Å². The van der Waals surface area contributed by atoms with Crippen LogP contribution in [-0.2, 0) is 0 Å². The Labute approximate surface area is 177 Å². The standard InChI is InChI=1S/C13H22S2Se3Te2/c19-10(1-8-5-14-8)3-12-16-7-17-13(18-12)4-11(20)2-9-6-15-9/h8-13,19-20H,1-7H2. The number of hydrogen-bond donors (Lipinski definition) is 0. The van der Waals surface area contributed by atoms with Gasteiger partial charge in [-0.25, -0.2) is 0 Å². The molecule has 7 heteroatoms. The fourth-order valence-corrected chi connectivity index (χ4v) is 32.7. The molecular formula is C13H22S2Se3Te2. The first-order valence-corrected chi connectivity index (χ1v) is 18.6. The van der Waals surface area contributed by atoms with Crippen LogP contribution in [0.2, 0.25) is 19.6 Å². The summed E-state index contributed by atoms with van der Waals surface area (Å²) in [5.41, 5.74) is 0. The molecule has 3 heterocycles. The summed E-state index contributed by atoms with van der Waals surface area (Å²) in [5, 5.41) is 2.15. The Morgan fingerprint density at radius 1 is 0.850 bits per heavy atom. The summed E-state index contributed by atoms with van der Waals surface area (Å²) in [5.74, 6) is 2.95. The molecule has 3 rings (SSSR count). The normalized spacial score (nSPS) is 39.3. The third-order valence-electron chi connectivity index (χ3n) is 3.62. The van der Waals surface area contributed by atoms with Crippen LogP contribution >= 0.6 is 23.5 Å². The van der Waals surface area contributed by atoms with Crippen molar-refractivity contribution >= 4 is 113 Å². The molecule has 3 aliphatic heterocycles.